The van der Waals surface area contributed by atoms with Crippen LogP contribution in [0.3, 0.4) is 0 Å². The summed E-state index contributed by atoms with van der Waals surface area (Å²) in [7, 11) is 1.92. The molecule has 0 saturated heterocycles. The Morgan fingerprint density at radius 1 is 1.22 bits per heavy atom. The van der Waals surface area contributed by atoms with Gasteiger partial charge in [0.05, 0.1) is 0 Å². The van der Waals surface area contributed by atoms with E-state index in [4.69, 9.17) is 4.74 Å². The maximum Gasteiger partial charge on any atom is 0.410 e. The van der Waals surface area contributed by atoms with E-state index in [1.54, 1.807) is 34.3 Å². The second-order valence-electron chi connectivity index (χ2n) is 8.35. The van der Waals surface area contributed by atoms with Gasteiger partial charge < -0.3 is 24.7 Å². The molecule has 1 amide bonds. The van der Waals surface area contributed by atoms with Crippen LogP contribution in [-0.2, 0) is 11.3 Å². The molecule has 2 aromatic heterocycles. The highest BCUT2D eigenvalue weighted by atomic mass is 32.1. The summed E-state index contributed by atoms with van der Waals surface area (Å²) in [6, 6.07) is 4.51. The van der Waals surface area contributed by atoms with Crippen LogP contribution in [0.15, 0.2) is 36.9 Å². The van der Waals surface area contributed by atoms with Crippen molar-refractivity contribution in [2.45, 2.75) is 39.3 Å². The van der Waals surface area contributed by atoms with Crippen LogP contribution < -0.4 is 4.90 Å². The molecule has 1 aromatic carbocycles. The molecule has 0 bridgehead atoms. The Morgan fingerprint density at radius 2 is 2.00 bits per heavy atom. The monoisotopic (exact) mass is 460 g/mol. The first-order chi connectivity index (χ1) is 15.1. The molecule has 0 aliphatic rings. The summed E-state index contributed by atoms with van der Waals surface area (Å²) in [4.78, 5) is 24.8. The molecular weight excluding hydrogens is 432 g/mol. The smallest absolute Gasteiger partial charge is 0.410 e. The van der Waals surface area contributed by atoms with E-state index in [9.17, 15) is 15.0 Å². The summed E-state index contributed by atoms with van der Waals surface area (Å²) in [5, 5.41) is 20.1. The molecular formula is C21H28N6O4S. The quantitative estimate of drug-likeness (QED) is 0.491. The van der Waals surface area contributed by atoms with Gasteiger partial charge >= 0.3 is 6.09 Å². The fraction of sp³-hybridized carbons (Fsp3) is 0.429. The molecule has 0 saturated carbocycles. The number of ether oxygens (including phenoxy) is 1. The Labute approximate surface area is 190 Å². The summed E-state index contributed by atoms with van der Waals surface area (Å²) in [6.07, 6.45) is 5.33. The minimum atomic E-state index is -0.625. The standard InChI is InChI=1S/C21H28N6O4S/c1-21(2,3)31-20(30)26(13-15-6-7-16(28)17(29)12-15)10-5-9-25(4)19-23-18(24-32-19)27-11-8-22-14-27/h6-8,11-12,14,28-29H,5,9-10,13H2,1-4H3. The SMILES string of the molecule is CN(CCCN(Cc1ccc(O)c(O)c1)C(=O)OC(C)(C)C)c1nc(-n2ccnc2)ns1. The molecule has 0 aliphatic heterocycles. The molecule has 0 unspecified atom stereocenters. The van der Waals surface area contributed by atoms with E-state index in [2.05, 4.69) is 14.3 Å². The van der Waals surface area contributed by atoms with Gasteiger partial charge in [0.1, 0.15) is 11.9 Å². The Morgan fingerprint density at radius 3 is 2.66 bits per heavy atom. The number of phenolic OH excluding ortho intramolecular Hbond substituents is 2. The molecule has 0 atom stereocenters. The number of phenols is 2. The largest absolute Gasteiger partial charge is 0.504 e. The zero-order chi connectivity index (χ0) is 23.3. The maximum absolute atomic E-state index is 12.7. The topological polar surface area (TPSA) is 117 Å². The van der Waals surface area contributed by atoms with Gasteiger partial charge in [-0.15, -0.1) is 0 Å². The summed E-state index contributed by atoms with van der Waals surface area (Å²) < 4.78 is 11.6. The van der Waals surface area contributed by atoms with Gasteiger partial charge in [-0.1, -0.05) is 6.07 Å². The molecule has 0 spiro atoms. The van der Waals surface area contributed by atoms with E-state index in [-0.39, 0.29) is 18.0 Å². The van der Waals surface area contributed by atoms with Gasteiger partial charge in [-0.05, 0) is 44.9 Å². The van der Waals surface area contributed by atoms with Crippen LogP contribution in [0.2, 0.25) is 0 Å². The number of nitrogens with zero attached hydrogens (tertiary/aromatic N) is 6. The Balaban J connectivity index is 1.62. The molecule has 32 heavy (non-hydrogen) atoms. The van der Waals surface area contributed by atoms with Gasteiger partial charge in [-0.25, -0.2) is 9.78 Å². The number of aromatic nitrogens is 4. The molecule has 0 fully saturated rings. The molecule has 3 rings (SSSR count). The fourth-order valence-corrected chi connectivity index (χ4v) is 3.54. The number of anilines is 1. The normalized spacial score (nSPS) is 11.4. The lowest BCUT2D eigenvalue weighted by molar-refractivity contribution is 0.0232. The third kappa shape index (κ3) is 6.33. The maximum atomic E-state index is 12.7. The highest BCUT2D eigenvalue weighted by molar-refractivity contribution is 7.09. The first kappa shape index (κ1) is 23.3. The number of carbonyl (C=O) groups is 1. The van der Waals surface area contributed by atoms with Gasteiger partial charge in [-0.3, -0.25) is 4.57 Å². The number of amides is 1. The number of aromatic hydroxyl groups is 2. The van der Waals surface area contributed by atoms with Crippen molar-refractivity contribution in [3.8, 4) is 17.4 Å². The minimum absolute atomic E-state index is 0.202. The molecule has 10 nitrogen and oxygen atoms in total. The van der Waals surface area contributed by atoms with Crippen LogP contribution >= 0.6 is 11.5 Å². The number of hydrogen-bond donors (Lipinski definition) is 2. The fourth-order valence-electron chi connectivity index (χ4n) is 2.89. The highest BCUT2D eigenvalue weighted by Crippen LogP contribution is 2.26. The molecule has 0 radical (unpaired) electrons. The molecule has 0 aliphatic carbocycles. The zero-order valence-electron chi connectivity index (χ0n) is 18.6. The lowest BCUT2D eigenvalue weighted by Gasteiger charge is -2.28. The first-order valence-electron chi connectivity index (χ1n) is 10.1. The van der Waals surface area contributed by atoms with Crippen molar-refractivity contribution in [2.24, 2.45) is 0 Å². The lowest BCUT2D eigenvalue weighted by Crippen LogP contribution is -2.38. The van der Waals surface area contributed by atoms with Crippen LogP contribution in [-0.4, -0.2) is 65.9 Å². The van der Waals surface area contributed by atoms with E-state index in [0.717, 1.165) is 5.13 Å². The molecule has 172 valence electrons. The summed E-state index contributed by atoms with van der Waals surface area (Å²) in [5.41, 5.74) is 0.0630. The van der Waals surface area contributed by atoms with Crippen molar-refractivity contribution in [3.05, 3.63) is 42.5 Å². The molecule has 2 N–H and O–H groups in total. The van der Waals surface area contributed by atoms with Gasteiger partial charge in [0.15, 0.2) is 11.5 Å². The van der Waals surface area contributed by atoms with Crippen molar-refractivity contribution in [1.82, 2.24) is 23.8 Å². The van der Waals surface area contributed by atoms with Crippen molar-refractivity contribution >= 4 is 22.8 Å². The third-order valence-corrected chi connectivity index (χ3v) is 5.27. The van der Waals surface area contributed by atoms with E-state index in [0.29, 0.717) is 31.0 Å². The third-order valence-electron chi connectivity index (χ3n) is 4.45. The molecule has 3 aromatic rings. The van der Waals surface area contributed by atoms with Crippen LogP contribution in [0.4, 0.5) is 9.93 Å². The predicted octanol–water partition coefficient (Wildman–Crippen LogP) is 3.40. The molecule has 2 heterocycles. The first-order valence-corrected chi connectivity index (χ1v) is 10.9. The number of imidazole rings is 1. The highest BCUT2D eigenvalue weighted by Gasteiger charge is 2.23. The number of hydrogen-bond acceptors (Lipinski definition) is 9. The van der Waals surface area contributed by atoms with E-state index >= 15 is 0 Å². The second kappa shape index (κ2) is 9.86. The number of rotatable bonds is 8. The van der Waals surface area contributed by atoms with Crippen molar-refractivity contribution < 1.29 is 19.7 Å². The Bertz CT molecular complexity index is 1030. The zero-order valence-corrected chi connectivity index (χ0v) is 19.4. The number of benzene rings is 1. The van der Waals surface area contributed by atoms with Crippen molar-refractivity contribution in [3.63, 3.8) is 0 Å². The van der Waals surface area contributed by atoms with Gasteiger partial charge in [0.2, 0.25) is 11.1 Å². The molecule has 11 heteroatoms. The van der Waals surface area contributed by atoms with Crippen LogP contribution in [0.5, 0.6) is 11.5 Å². The number of carbonyl (C=O) groups excluding carboxylic acids is 1. The summed E-state index contributed by atoms with van der Waals surface area (Å²) in [6.45, 7) is 6.78. The van der Waals surface area contributed by atoms with E-state index < -0.39 is 11.7 Å². The van der Waals surface area contributed by atoms with Crippen molar-refractivity contribution in [1.29, 1.82) is 0 Å². The van der Waals surface area contributed by atoms with Crippen LogP contribution in [0, 0.1) is 0 Å². The van der Waals surface area contributed by atoms with E-state index in [1.807, 2.05) is 32.7 Å². The van der Waals surface area contributed by atoms with Gasteiger partial charge in [-0.2, -0.15) is 9.36 Å². The van der Waals surface area contributed by atoms with E-state index in [1.165, 1.54) is 23.7 Å². The lowest BCUT2D eigenvalue weighted by atomic mass is 10.2. The van der Waals surface area contributed by atoms with Crippen LogP contribution in [0.25, 0.3) is 5.95 Å². The average Bonchev–Trinajstić information content (AvgIpc) is 3.40. The van der Waals surface area contributed by atoms with Crippen molar-refractivity contribution in [2.75, 3.05) is 25.0 Å². The van der Waals surface area contributed by atoms with Gasteiger partial charge in [0, 0.05) is 50.6 Å². The second-order valence-corrected chi connectivity index (χ2v) is 9.08. The Hall–Kier alpha value is -3.34. The van der Waals surface area contributed by atoms with Gasteiger partial charge in [0.25, 0.3) is 0 Å². The predicted molar refractivity (Wildman–Crippen MR) is 121 cm³/mol. The Kier molecular flexibility index (Phi) is 7.18. The van der Waals surface area contributed by atoms with Crippen LogP contribution in [0.1, 0.15) is 32.8 Å². The summed E-state index contributed by atoms with van der Waals surface area (Å²) >= 11 is 1.29. The summed E-state index contributed by atoms with van der Waals surface area (Å²) in [5.74, 6) is 0.138. The minimum Gasteiger partial charge on any atom is -0.504 e. The average molecular weight is 461 g/mol.